The summed E-state index contributed by atoms with van der Waals surface area (Å²) in [7, 11) is 0. The molecule has 0 aromatic carbocycles. The molecule has 1 fully saturated rings. The van der Waals surface area contributed by atoms with Gasteiger partial charge in [-0.25, -0.2) is 4.68 Å². The summed E-state index contributed by atoms with van der Waals surface area (Å²) in [5.41, 5.74) is 5.84. The Kier molecular flexibility index (Phi) is 4.10. The van der Waals surface area contributed by atoms with Crippen LogP contribution in [0.2, 0.25) is 0 Å². The quantitative estimate of drug-likeness (QED) is 0.868. The van der Waals surface area contributed by atoms with Crippen molar-refractivity contribution < 1.29 is 0 Å². The molecule has 1 heterocycles. The van der Waals surface area contributed by atoms with E-state index in [9.17, 15) is 0 Å². The highest BCUT2D eigenvalue weighted by Crippen LogP contribution is 2.31. The molecule has 5 heteroatoms. The summed E-state index contributed by atoms with van der Waals surface area (Å²) >= 11 is 0. The highest BCUT2D eigenvalue weighted by Gasteiger charge is 2.22. The van der Waals surface area contributed by atoms with E-state index in [2.05, 4.69) is 22.4 Å². The van der Waals surface area contributed by atoms with Gasteiger partial charge in [0, 0.05) is 6.54 Å². The van der Waals surface area contributed by atoms with Gasteiger partial charge in [-0.05, 0) is 42.0 Å². The van der Waals surface area contributed by atoms with Crippen LogP contribution in [-0.2, 0) is 6.54 Å². The van der Waals surface area contributed by atoms with Crippen LogP contribution in [0.5, 0.6) is 0 Å². The molecule has 0 bridgehead atoms. The third-order valence-electron chi connectivity index (χ3n) is 3.94. The molecule has 0 radical (unpaired) electrons. The van der Waals surface area contributed by atoms with Gasteiger partial charge in [0.2, 0.25) is 0 Å². The summed E-state index contributed by atoms with van der Waals surface area (Å²) in [6, 6.07) is -0.0861. The summed E-state index contributed by atoms with van der Waals surface area (Å²) in [5.74, 6) is 2.47. The van der Waals surface area contributed by atoms with Crippen molar-refractivity contribution in [3.05, 3.63) is 5.82 Å². The highest BCUT2D eigenvalue weighted by molar-refractivity contribution is 4.88. The third-order valence-corrected chi connectivity index (χ3v) is 3.94. The SMILES string of the molecule is CCC1CCC(Cn2nnnc2C(C)N)CC1. The van der Waals surface area contributed by atoms with Crippen LogP contribution in [0, 0.1) is 11.8 Å². The lowest BCUT2D eigenvalue weighted by Crippen LogP contribution is -2.22. The molecule has 96 valence electrons. The fraction of sp³-hybridized carbons (Fsp3) is 0.917. The molecular formula is C12H23N5. The minimum atomic E-state index is -0.0861. The number of hydrogen-bond donors (Lipinski definition) is 1. The van der Waals surface area contributed by atoms with Gasteiger partial charge in [-0.15, -0.1) is 5.10 Å². The summed E-state index contributed by atoms with van der Waals surface area (Å²) < 4.78 is 1.89. The second-order valence-corrected chi connectivity index (χ2v) is 5.30. The van der Waals surface area contributed by atoms with Crippen LogP contribution in [0.25, 0.3) is 0 Å². The van der Waals surface area contributed by atoms with Crippen LogP contribution in [0.3, 0.4) is 0 Å². The van der Waals surface area contributed by atoms with Crippen LogP contribution in [0.4, 0.5) is 0 Å². The summed E-state index contributed by atoms with van der Waals surface area (Å²) in [6.45, 7) is 5.15. The second kappa shape index (κ2) is 5.58. The topological polar surface area (TPSA) is 69.6 Å². The first kappa shape index (κ1) is 12.5. The normalized spacial score (nSPS) is 27.0. The molecule has 0 aliphatic heterocycles. The zero-order chi connectivity index (χ0) is 12.3. The van der Waals surface area contributed by atoms with Crippen LogP contribution in [0.1, 0.15) is 57.8 Å². The summed E-state index contributed by atoms with van der Waals surface area (Å²) in [6.07, 6.45) is 6.64. The molecule has 1 aromatic rings. The van der Waals surface area contributed by atoms with E-state index in [4.69, 9.17) is 5.73 Å². The molecule has 0 saturated heterocycles. The van der Waals surface area contributed by atoms with Gasteiger partial charge in [0.25, 0.3) is 0 Å². The molecule has 2 rings (SSSR count). The van der Waals surface area contributed by atoms with Crippen molar-refractivity contribution in [1.29, 1.82) is 0 Å². The maximum Gasteiger partial charge on any atom is 0.167 e. The fourth-order valence-electron chi connectivity index (χ4n) is 2.73. The molecule has 2 N–H and O–H groups in total. The van der Waals surface area contributed by atoms with Crippen molar-refractivity contribution in [2.45, 2.75) is 58.5 Å². The van der Waals surface area contributed by atoms with Crippen molar-refractivity contribution in [2.75, 3.05) is 0 Å². The lowest BCUT2D eigenvalue weighted by Gasteiger charge is -2.27. The number of hydrogen-bond acceptors (Lipinski definition) is 4. The van der Waals surface area contributed by atoms with Crippen molar-refractivity contribution in [3.8, 4) is 0 Å². The zero-order valence-corrected chi connectivity index (χ0v) is 10.8. The van der Waals surface area contributed by atoms with Gasteiger partial charge >= 0.3 is 0 Å². The van der Waals surface area contributed by atoms with Crippen molar-refractivity contribution in [1.82, 2.24) is 20.2 Å². The molecule has 1 atom stereocenters. The third kappa shape index (κ3) is 3.03. The van der Waals surface area contributed by atoms with E-state index >= 15 is 0 Å². The number of rotatable bonds is 4. The Hall–Kier alpha value is -0.970. The monoisotopic (exact) mass is 237 g/mol. The largest absolute Gasteiger partial charge is 0.322 e. The minimum Gasteiger partial charge on any atom is -0.322 e. The van der Waals surface area contributed by atoms with E-state index in [-0.39, 0.29) is 6.04 Å². The number of nitrogens with two attached hydrogens (primary N) is 1. The van der Waals surface area contributed by atoms with E-state index in [1.807, 2.05) is 11.6 Å². The van der Waals surface area contributed by atoms with Gasteiger partial charge in [0.05, 0.1) is 6.04 Å². The molecule has 1 aliphatic rings. The van der Waals surface area contributed by atoms with E-state index in [0.717, 1.165) is 24.2 Å². The maximum absolute atomic E-state index is 5.84. The first-order valence-electron chi connectivity index (χ1n) is 6.72. The second-order valence-electron chi connectivity index (χ2n) is 5.30. The number of aromatic nitrogens is 4. The summed E-state index contributed by atoms with van der Waals surface area (Å²) in [4.78, 5) is 0. The smallest absolute Gasteiger partial charge is 0.167 e. The van der Waals surface area contributed by atoms with Crippen LogP contribution in [0.15, 0.2) is 0 Å². The Morgan fingerprint density at radius 2 is 1.94 bits per heavy atom. The van der Waals surface area contributed by atoms with E-state index in [1.54, 1.807) is 0 Å². The molecular weight excluding hydrogens is 214 g/mol. The zero-order valence-electron chi connectivity index (χ0n) is 10.8. The van der Waals surface area contributed by atoms with Crippen LogP contribution < -0.4 is 5.73 Å². The van der Waals surface area contributed by atoms with Crippen molar-refractivity contribution in [2.24, 2.45) is 17.6 Å². The van der Waals surface area contributed by atoms with Crippen LogP contribution in [-0.4, -0.2) is 20.2 Å². The molecule has 17 heavy (non-hydrogen) atoms. The molecule has 1 saturated carbocycles. The average molecular weight is 237 g/mol. The van der Waals surface area contributed by atoms with E-state index in [0.29, 0.717) is 0 Å². The van der Waals surface area contributed by atoms with Crippen molar-refractivity contribution in [3.63, 3.8) is 0 Å². The average Bonchev–Trinajstić information content (AvgIpc) is 2.78. The first-order valence-corrected chi connectivity index (χ1v) is 6.72. The van der Waals surface area contributed by atoms with Gasteiger partial charge < -0.3 is 5.73 Å². The molecule has 1 unspecified atom stereocenters. The standard InChI is InChI=1S/C12H23N5/c1-3-10-4-6-11(7-5-10)8-17-12(9(2)13)14-15-16-17/h9-11H,3-8,13H2,1-2H3. The van der Waals surface area contributed by atoms with Crippen LogP contribution >= 0.6 is 0 Å². The minimum absolute atomic E-state index is 0.0861. The van der Waals surface area contributed by atoms with Gasteiger partial charge in [-0.2, -0.15) is 0 Å². The molecule has 0 spiro atoms. The molecule has 5 nitrogen and oxygen atoms in total. The Balaban J connectivity index is 1.91. The molecule has 1 aromatic heterocycles. The van der Waals surface area contributed by atoms with Gasteiger partial charge in [-0.3, -0.25) is 0 Å². The Morgan fingerprint density at radius 3 is 2.53 bits per heavy atom. The van der Waals surface area contributed by atoms with Gasteiger partial charge in [0.1, 0.15) is 0 Å². The predicted molar refractivity (Wildman–Crippen MR) is 66.2 cm³/mol. The van der Waals surface area contributed by atoms with Gasteiger partial charge in [-0.1, -0.05) is 26.2 Å². The fourth-order valence-corrected chi connectivity index (χ4v) is 2.73. The lowest BCUT2D eigenvalue weighted by atomic mass is 9.81. The van der Waals surface area contributed by atoms with Crippen molar-refractivity contribution >= 4 is 0 Å². The van der Waals surface area contributed by atoms with E-state index < -0.39 is 0 Å². The Labute approximate surface area is 103 Å². The number of nitrogens with zero attached hydrogens (tertiary/aromatic N) is 4. The Bertz CT molecular complexity index is 338. The lowest BCUT2D eigenvalue weighted by molar-refractivity contribution is 0.238. The van der Waals surface area contributed by atoms with Gasteiger partial charge in [0.15, 0.2) is 5.82 Å². The first-order chi connectivity index (χ1) is 8.20. The molecule has 1 aliphatic carbocycles. The van der Waals surface area contributed by atoms with E-state index in [1.165, 1.54) is 32.1 Å². The molecule has 0 amide bonds. The summed E-state index contributed by atoms with van der Waals surface area (Å²) in [5, 5.41) is 11.8. The Morgan fingerprint density at radius 1 is 1.29 bits per heavy atom. The maximum atomic E-state index is 5.84. The highest BCUT2D eigenvalue weighted by atomic mass is 15.5. The number of tetrazole rings is 1. The predicted octanol–water partition coefficient (Wildman–Crippen LogP) is 1.91.